The molecule has 1 saturated heterocycles. The summed E-state index contributed by atoms with van der Waals surface area (Å²) in [5.74, 6) is -1.75. The number of hydrogen-bond acceptors (Lipinski definition) is 3. The molecular formula is C15H16FNO4. The first kappa shape index (κ1) is 15.2. The van der Waals surface area contributed by atoms with Crippen molar-refractivity contribution < 1.29 is 23.9 Å². The molecule has 1 aliphatic rings. The van der Waals surface area contributed by atoms with Gasteiger partial charge in [-0.25, -0.2) is 9.18 Å². The van der Waals surface area contributed by atoms with Crippen LogP contribution in [-0.2, 0) is 16.0 Å². The van der Waals surface area contributed by atoms with E-state index in [-0.39, 0.29) is 43.3 Å². The van der Waals surface area contributed by atoms with Crippen LogP contribution in [0.3, 0.4) is 0 Å². The Bertz CT molecular complexity index is 573. The maximum atomic E-state index is 13.0. The Morgan fingerprint density at radius 3 is 2.81 bits per heavy atom. The lowest BCUT2D eigenvalue weighted by Crippen LogP contribution is -2.46. The second kappa shape index (κ2) is 6.47. The van der Waals surface area contributed by atoms with Crippen LogP contribution < -0.4 is 0 Å². The molecule has 1 atom stereocenters. The first-order chi connectivity index (χ1) is 9.97. The number of nitrogens with zero attached hydrogens (tertiary/aromatic N) is 1. The second-order valence-corrected chi connectivity index (χ2v) is 5.09. The third kappa shape index (κ3) is 3.87. The van der Waals surface area contributed by atoms with Gasteiger partial charge in [0.1, 0.15) is 17.4 Å². The number of carbonyl (C=O) groups excluding carboxylic acids is 2. The molecule has 112 valence electrons. The van der Waals surface area contributed by atoms with Gasteiger partial charge < -0.3 is 10.0 Å². The van der Waals surface area contributed by atoms with E-state index in [2.05, 4.69) is 0 Å². The number of hydrogen-bond donors (Lipinski definition) is 1. The molecule has 1 amide bonds. The quantitative estimate of drug-likeness (QED) is 0.860. The van der Waals surface area contributed by atoms with Gasteiger partial charge in [-0.1, -0.05) is 12.1 Å². The van der Waals surface area contributed by atoms with E-state index in [0.29, 0.717) is 12.0 Å². The number of likely N-dealkylation sites (tertiary alicyclic amines) is 1. The van der Waals surface area contributed by atoms with Gasteiger partial charge in [0.05, 0.1) is 5.92 Å². The van der Waals surface area contributed by atoms with Crippen LogP contribution >= 0.6 is 0 Å². The molecule has 1 unspecified atom stereocenters. The molecule has 1 aromatic carbocycles. The van der Waals surface area contributed by atoms with Crippen molar-refractivity contribution in [3.8, 4) is 0 Å². The summed E-state index contributed by atoms with van der Waals surface area (Å²) in [4.78, 5) is 35.9. The predicted octanol–water partition coefficient (Wildman–Crippen LogP) is 1.90. The van der Waals surface area contributed by atoms with Crippen molar-refractivity contribution in [1.82, 2.24) is 4.90 Å². The summed E-state index contributed by atoms with van der Waals surface area (Å²) in [6.45, 7) is 0.0675. The maximum Gasteiger partial charge on any atom is 0.407 e. The lowest BCUT2D eigenvalue weighted by Gasteiger charge is -2.28. The number of aryl methyl sites for hydroxylation is 1. The minimum atomic E-state index is -1.12. The average Bonchev–Trinajstić information content (AvgIpc) is 2.45. The minimum Gasteiger partial charge on any atom is -0.465 e. The first-order valence-electron chi connectivity index (χ1n) is 6.75. The predicted molar refractivity (Wildman–Crippen MR) is 72.4 cm³/mol. The van der Waals surface area contributed by atoms with Crippen LogP contribution in [0.2, 0.25) is 0 Å². The highest BCUT2D eigenvalue weighted by atomic mass is 19.1. The fourth-order valence-electron chi connectivity index (χ4n) is 2.42. The highest BCUT2D eigenvalue weighted by Gasteiger charge is 2.34. The lowest BCUT2D eigenvalue weighted by atomic mass is 9.89. The number of halogens is 1. The van der Waals surface area contributed by atoms with Crippen molar-refractivity contribution in [2.75, 3.05) is 13.1 Å². The van der Waals surface area contributed by atoms with Gasteiger partial charge in [0.25, 0.3) is 0 Å². The average molecular weight is 293 g/mol. The van der Waals surface area contributed by atoms with Gasteiger partial charge in [0, 0.05) is 25.9 Å². The Kier molecular flexibility index (Phi) is 4.67. The molecule has 1 aliphatic heterocycles. The summed E-state index contributed by atoms with van der Waals surface area (Å²) in [5, 5.41) is 8.92. The Labute approximate surface area is 121 Å². The van der Waals surface area contributed by atoms with Crippen LogP contribution in [0.1, 0.15) is 18.4 Å². The SMILES string of the molecule is O=C(CCc1cccc(F)c1)C1CN(C(=O)O)CCC1=O. The highest BCUT2D eigenvalue weighted by molar-refractivity contribution is 6.03. The molecule has 21 heavy (non-hydrogen) atoms. The fraction of sp³-hybridized carbons (Fsp3) is 0.400. The number of carboxylic acid groups (broad SMARTS) is 1. The summed E-state index contributed by atoms with van der Waals surface area (Å²) < 4.78 is 13.0. The summed E-state index contributed by atoms with van der Waals surface area (Å²) in [6.07, 6.45) is -0.603. The van der Waals surface area contributed by atoms with E-state index >= 15 is 0 Å². The monoisotopic (exact) mass is 293 g/mol. The Balaban J connectivity index is 1.95. The Morgan fingerprint density at radius 1 is 1.38 bits per heavy atom. The third-order valence-electron chi connectivity index (χ3n) is 3.63. The molecule has 2 rings (SSSR count). The van der Waals surface area contributed by atoms with Crippen molar-refractivity contribution in [3.63, 3.8) is 0 Å². The Morgan fingerprint density at radius 2 is 2.14 bits per heavy atom. The van der Waals surface area contributed by atoms with E-state index in [1.54, 1.807) is 12.1 Å². The van der Waals surface area contributed by atoms with Crippen molar-refractivity contribution in [3.05, 3.63) is 35.6 Å². The molecule has 0 spiro atoms. The molecule has 1 fully saturated rings. The zero-order valence-electron chi connectivity index (χ0n) is 11.4. The minimum absolute atomic E-state index is 0.0721. The van der Waals surface area contributed by atoms with Crippen molar-refractivity contribution >= 4 is 17.7 Å². The molecule has 0 aliphatic carbocycles. The molecule has 0 saturated carbocycles. The first-order valence-corrected chi connectivity index (χ1v) is 6.75. The topological polar surface area (TPSA) is 74.7 Å². The maximum absolute atomic E-state index is 13.0. The van der Waals surface area contributed by atoms with Gasteiger partial charge in [-0.05, 0) is 24.1 Å². The van der Waals surface area contributed by atoms with Crippen molar-refractivity contribution in [2.24, 2.45) is 5.92 Å². The van der Waals surface area contributed by atoms with Crippen LogP contribution in [0.5, 0.6) is 0 Å². The van der Waals surface area contributed by atoms with Gasteiger partial charge >= 0.3 is 6.09 Å². The summed E-state index contributed by atoms with van der Waals surface area (Å²) >= 11 is 0. The van der Waals surface area contributed by atoms with Crippen LogP contribution in [0.15, 0.2) is 24.3 Å². The second-order valence-electron chi connectivity index (χ2n) is 5.09. The van der Waals surface area contributed by atoms with Gasteiger partial charge in [-0.15, -0.1) is 0 Å². The Hall–Kier alpha value is -2.24. The number of Topliss-reactive ketones (excluding diaryl/α,β-unsaturated/α-hetero) is 2. The molecule has 0 bridgehead atoms. The van der Waals surface area contributed by atoms with Crippen molar-refractivity contribution in [1.29, 1.82) is 0 Å². The van der Waals surface area contributed by atoms with E-state index in [0.717, 1.165) is 4.90 Å². The zero-order chi connectivity index (χ0) is 15.4. The van der Waals surface area contributed by atoms with Crippen molar-refractivity contribution in [2.45, 2.75) is 19.3 Å². The van der Waals surface area contributed by atoms with E-state index < -0.39 is 12.0 Å². The molecule has 6 heteroatoms. The normalized spacial score (nSPS) is 18.6. The number of rotatable bonds is 4. The van der Waals surface area contributed by atoms with Gasteiger partial charge in [0.2, 0.25) is 0 Å². The summed E-state index contributed by atoms with van der Waals surface area (Å²) in [5.41, 5.74) is 0.682. The number of amides is 1. The fourth-order valence-corrected chi connectivity index (χ4v) is 2.42. The highest BCUT2D eigenvalue weighted by Crippen LogP contribution is 2.17. The van der Waals surface area contributed by atoms with E-state index in [1.807, 2.05) is 0 Å². The number of ketones is 2. The van der Waals surface area contributed by atoms with Gasteiger partial charge in [-0.2, -0.15) is 0 Å². The molecule has 1 aromatic rings. The van der Waals surface area contributed by atoms with E-state index in [1.165, 1.54) is 12.1 Å². The van der Waals surface area contributed by atoms with Crippen LogP contribution in [-0.4, -0.2) is 40.8 Å². The molecule has 5 nitrogen and oxygen atoms in total. The van der Waals surface area contributed by atoms with Crippen LogP contribution in [0, 0.1) is 11.7 Å². The lowest BCUT2D eigenvalue weighted by molar-refractivity contribution is -0.135. The molecule has 1 heterocycles. The summed E-state index contributed by atoms with van der Waals surface area (Å²) in [6, 6.07) is 5.94. The molecular weight excluding hydrogens is 277 g/mol. The molecule has 1 N–H and O–H groups in total. The summed E-state index contributed by atoms with van der Waals surface area (Å²) in [7, 11) is 0. The van der Waals surface area contributed by atoms with Crippen LogP contribution in [0.25, 0.3) is 0 Å². The largest absolute Gasteiger partial charge is 0.465 e. The van der Waals surface area contributed by atoms with Gasteiger partial charge in [0.15, 0.2) is 0 Å². The standard InChI is InChI=1S/C15H16FNO4/c16-11-3-1-2-10(8-11)4-5-13(18)12-9-17(15(20)21)7-6-14(12)19/h1-3,8,12H,4-7,9H2,(H,20,21). The smallest absolute Gasteiger partial charge is 0.407 e. The number of piperidine rings is 1. The van der Waals surface area contributed by atoms with Crippen LogP contribution in [0.4, 0.5) is 9.18 Å². The van der Waals surface area contributed by atoms with E-state index in [9.17, 15) is 18.8 Å². The zero-order valence-corrected chi connectivity index (χ0v) is 11.4. The molecule has 0 radical (unpaired) electrons. The number of benzene rings is 1. The van der Waals surface area contributed by atoms with Gasteiger partial charge in [-0.3, -0.25) is 9.59 Å². The number of carbonyl (C=O) groups is 3. The molecule has 0 aromatic heterocycles. The third-order valence-corrected chi connectivity index (χ3v) is 3.63. The van der Waals surface area contributed by atoms with E-state index in [4.69, 9.17) is 5.11 Å².